The monoisotopic (exact) mass is 386 g/mol. The van der Waals surface area contributed by atoms with Gasteiger partial charge in [0.15, 0.2) is 6.10 Å². The molecule has 0 aromatic heterocycles. The molecule has 1 aliphatic carbocycles. The van der Waals surface area contributed by atoms with E-state index < -0.39 is 6.10 Å². The van der Waals surface area contributed by atoms with Gasteiger partial charge >= 0.3 is 5.97 Å². The van der Waals surface area contributed by atoms with E-state index >= 15 is 0 Å². The molecule has 2 amide bonds. The highest BCUT2D eigenvalue weighted by molar-refractivity contribution is 5.96. The summed E-state index contributed by atoms with van der Waals surface area (Å²) in [7, 11) is 0. The Morgan fingerprint density at radius 3 is 2.11 bits per heavy atom. The Balaban J connectivity index is 1.50. The van der Waals surface area contributed by atoms with Crippen molar-refractivity contribution in [2.24, 2.45) is 11.8 Å². The number of likely N-dealkylation sites (tertiary alicyclic amines) is 1. The minimum absolute atomic E-state index is 0.209. The van der Waals surface area contributed by atoms with E-state index in [4.69, 9.17) is 4.74 Å². The Labute approximate surface area is 166 Å². The first-order valence-corrected chi connectivity index (χ1v) is 10.1. The number of hydrogen-bond acceptors (Lipinski definition) is 4. The summed E-state index contributed by atoms with van der Waals surface area (Å²) in [4.78, 5) is 38.9. The van der Waals surface area contributed by atoms with Crippen molar-refractivity contribution in [1.82, 2.24) is 4.90 Å². The fraction of sp³-hybridized carbons (Fsp3) is 0.591. The number of rotatable bonds is 5. The number of ether oxygens (including phenoxy) is 1. The molecule has 28 heavy (non-hydrogen) atoms. The quantitative estimate of drug-likeness (QED) is 0.789. The van der Waals surface area contributed by atoms with E-state index in [1.807, 2.05) is 37.8 Å². The third-order valence-corrected chi connectivity index (χ3v) is 5.65. The summed E-state index contributed by atoms with van der Waals surface area (Å²) < 4.78 is 5.43. The van der Waals surface area contributed by atoms with Crippen LogP contribution in [0.25, 0.3) is 0 Å². The summed E-state index contributed by atoms with van der Waals surface area (Å²) in [5.74, 6) is -0.492. The van der Waals surface area contributed by atoms with Crippen molar-refractivity contribution in [2.75, 3.05) is 18.4 Å². The molecule has 0 bridgehead atoms. The van der Waals surface area contributed by atoms with Crippen LogP contribution < -0.4 is 5.32 Å². The molecule has 1 aromatic carbocycles. The number of benzene rings is 1. The smallest absolute Gasteiger partial charge is 0.309 e. The van der Waals surface area contributed by atoms with Gasteiger partial charge in [-0.3, -0.25) is 14.4 Å². The summed E-state index contributed by atoms with van der Waals surface area (Å²) in [6.07, 6.45) is 2.32. The van der Waals surface area contributed by atoms with Gasteiger partial charge in [-0.2, -0.15) is 0 Å². The van der Waals surface area contributed by atoms with Gasteiger partial charge in [0.1, 0.15) is 0 Å². The maximum Gasteiger partial charge on any atom is 0.309 e. The van der Waals surface area contributed by atoms with Crippen LogP contribution >= 0.6 is 0 Å². The number of esters is 1. The van der Waals surface area contributed by atoms with Gasteiger partial charge in [0.05, 0.1) is 5.92 Å². The summed E-state index contributed by atoms with van der Waals surface area (Å²) >= 11 is 0. The Bertz CT molecular complexity index is 754. The van der Waals surface area contributed by atoms with Gasteiger partial charge in [0.2, 0.25) is 5.91 Å². The molecule has 152 valence electrons. The van der Waals surface area contributed by atoms with E-state index in [2.05, 4.69) is 5.32 Å². The van der Waals surface area contributed by atoms with Crippen LogP contribution in [0.15, 0.2) is 12.1 Å². The molecule has 3 rings (SSSR count). The van der Waals surface area contributed by atoms with Crippen LogP contribution in [0.1, 0.15) is 49.3 Å². The molecular weight excluding hydrogens is 356 g/mol. The van der Waals surface area contributed by atoms with Crippen molar-refractivity contribution in [3.05, 3.63) is 28.8 Å². The summed E-state index contributed by atoms with van der Waals surface area (Å²) in [6.45, 7) is 8.69. The highest BCUT2D eigenvalue weighted by Crippen LogP contribution is 2.32. The molecule has 2 aliphatic rings. The molecular formula is C22H30N2O4. The predicted molar refractivity (Wildman–Crippen MR) is 107 cm³/mol. The van der Waals surface area contributed by atoms with Crippen LogP contribution in [0.2, 0.25) is 0 Å². The van der Waals surface area contributed by atoms with Gasteiger partial charge in [-0.1, -0.05) is 17.7 Å². The predicted octanol–water partition coefficient (Wildman–Crippen LogP) is 3.13. The molecule has 2 fully saturated rings. The van der Waals surface area contributed by atoms with Crippen LogP contribution in [0, 0.1) is 32.6 Å². The first kappa shape index (κ1) is 20.4. The molecule has 6 nitrogen and oxygen atoms in total. The van der Waals surface area contributed by atoms with E-state index in [0.29, 0.717) is 25.9 Å². The van der Waals surface area contributed by atoms with Crippen molar-refractivity contribution in [3.63, 3.8) is 0 Å². The van der Waals surface area contributed by atoms with Gasteiger partial charge in [0, 0.05) is 24.7 Å². The molecule has 1 atom stereocenters. The molecule has 0 radical (unpaired) electrons. The molecule has 1 N–H and O–H groups in total. The minimum atomic E-state index is -0.862. The van der Waals surface area contributed by atoms with Crippen LogP contribution in [-0.2, 0) is 19.1 Å². The van der Waals surface area contributed by atoms with Gasteiger partial charge in [-0.15, -0.1) is 0 Å². The highest BCUT2D eigenvalue weighted by Gasteiger charge is 2.36. The average Bonchev–Trinajstić information content (AvgIpc) is 3.49. The number of aryl methyl sites for hydroxylation is 3. The molecule has 1 aromatic rings. The minimum Gasteiger partial charge on any atom is -0.452 e. The fourth-order valence-electron chi connectivity index (χ4n) is 3.85. The first-order valence-electron chi connectivity index (χ1n) is 10.1. The zero-order valence-electron chi connectivity index (χ0n) is 17.2. The maximum absolute atomic E-state index is 12.5. The number of nitrogens with one attached hydrogen (secondary N) is 1. The summed E-state index contributed by atoms with van der Waals surface area (Å²) in [5, 5.41) is 2.89. The highest BCUT2D eigenvalue weighted by atomic mass is 16.5. The van der Waals surface area contributed by atoms with E-state index in [-0.39, 0.29) is 29.6 Å². The molecule has 6 heteroatoms. The Hall–Kier alpha value is -2.37. The van der Waals surface area contributed by atoms with Gasteiger partial charge < -0.3 is 15.0 Å². The van der Waals surface area contributed by atoms with E-state index in [0.717, 1.165) is 35.2 Å². The number of carbonyl (C=O) groups excluding carboxylic acids is 3. The Morgan fingerprint density at radius 2 is 1.57 bits per heavy atom. The maximum atomic E-state index is 12.5. The lowest BCUT2D eigenvalue weighted by molar-refractivity contribution is -0.159. The molecule has 1 heterocycles. The zero-order chi connectivity index (χ0) is 20.4. The normalized spacial score (nSPS) is 18.5. The number of amides is 2. The molecule has 1 saturated heterocycles. The van der Waals surface area contributed by atoms with Crippen molar-refractivity contribution in [3.8, 4) is 0 Å². The van der Waals surface area contributed by atoms with Crippen LogP contribution in [0.4, 0.5) is 5.69 Å². The zero-order valence-corrected chi connectivity index (χ0v) is 17.2. The van der Waals surface area contributed by atoms with E-state index in [9.17, 15) is 14.4 Å². The van der Waals surface area contributed by atoms with Crippen LogP contribution in [0.3, 0.4) is 0 Å². The second kappa shape index (κ2) is 8.33. The van der Waals surface area contributed by atoms with E-state index in [1.54, 1.807) is 6.92 Å². The molecule has 1 aliphatic heterocycles. The van der Waals surface area contributed by atoms with Gasteiger partial charge in [-0.25, -0.2) is 0 Å². The standard InChI is InChI=1S/C22H30N2O4/c1-13-11-14(2)19(15(3)12-13)23-20(25)16(4)28-22(27)18-7-9-24(10-8-18)21(26)17-5-6-17/h11-12,16-18H,5-10H2,1-4H3,(H,23,25). The SMILES string of the molecule is Cc1cc(C)c(NC(=O)C(C)OC(=O)C2CCN(C(=O)C3CC3)CC2)c(C)c1. The third-order valence-electron chi connectivity index (χ3n) is 5.65. The fourth-order valence-corrected chi connectivity index (χ4v) is 3.85. The number of piperidine rings is 1. The molecule has 0 spiro atoms. The Morgan fingerprint density at radius 1 is 1.00 bits per heavy atom. The van der Waals surface area contributed by atoms with Crippen LogP contribution in [-0.4, -0.2) is 41.9 Å². The lowest BCUT2D eigenvalue weighted by Crippen LogP contribution is -2.42. The lowest BCUT2D eigenvalue weighted by atomic mass is 9.96. The summed E-state index contributed by atoms with van der Waals surface area (Å²) in [5.41, 5.74) is 3.87. The number of anilines is 1. The number of nitrogens with zero attached hydrogens (tertiary/aromatic N) is 1. The Kier molecular flexibility index (Phi) is 6.06. The van der Waals surface area contributed by atoms with Crippen molar-refractivity contribution >= 4 is 23.5 Å². The first-order chi connectivity index (χ1) is 13.3. The van der Waals surface area contributed by atoms with E-state index in [1.165, 1.54) is 0 Å². The average molecular weight is 386 g/mol. The van der Waals surface area contributed by atoms with Crippen LogP contribution in [0.5, 0.6) is 0 Å². The largest absolute Gasteiger partial charge is 0.452 e. The van der Waals surface area contributed by atoms with Crippen molar-refractivity contribution in [2.45, 2.75) is 59.5 Å². The topological polar surface area (TPSA) is 75.7 Å². The van der Waals surface area contributed by atoms with Crippen molar-refractivity contribution < 1.29 is 19.1 Å². The molecule has 1 saturated carbocycles. The van der Waals surface area contributed by atoms with Crippen molar-refractivity contribution in [1.29, 1.82) is 0 Å². The summed E-state index contributed by atoms with van der Waals surface area (Å²) in [6, 6.07) is 4.02. The third kappa shape index (κ3) is 4.72. The van der Waals surface area contributed by atoms with Gasteiger partial charge in [0.25, 0.3) is 5.91 Å². The second-order valence-electron chi connectivity index (χ2n) is 8.22. The molecule has 1 unspecified atom stereocenters. The number of hydrogen-bond donors (Lipinski definition) is 1. The lowest BCUT2D eigenvalue weighted by Gasteiger charge is -2.31. The number of carbonyl (C=O) groups is 3. The van der Waals surface area contributed by atoms with Gasteiger partial charge in [-0.05, 0) is 64.5 Å². The second-order valence-corrected chi connectivity index (χ2v) is 8.22.